The van der Waals surface area contributed by atoms with Gasteiger partial charge in [-0.1, -0.05) is 12.1 Å². The van der Waals surface area contributed by atoms with Gasteiger partial charge in [0.25, 0.3) is 0 Å². The minimum Gasteiger partial charge on any atom is -0.506 e. The molecule has 0 unspecified atom stereocenters. The standard InChI is InChI=1S/C12H14BrN3O/c1-16-10(5-6-15-16)8-14-7-9-3-2-4-11(13)12(9)17/h2-6,14,17H,7-8H2,1H3. The lowest BCUT2D eigenvalue weighted by Crippen LogP contribution is -2.15. The van der Waals surface area contributed by atoms with Crippen LogP contribution in [0.15, 0.2) is 34.9 Å². The number of nitrogens with one attached hydrogen (secondary N) is 1. The van der Waals surface area contributed by atoms with Crippen LogP contribution in [0.2, 0.25) is 0 Å². The Balaban J connectivity index is 1.95. The molecular formula is C12H14BrN3O. The van der Waals surface area contributed by atoms with Gasteiger partial charge in [-0.3, -0.25) is 4.68 Å². The van der Waals surface area contributed by atoms with Crippen LogP contribution in [0.4, 0.5) is 0 Å². The van der Waals surface area contributed by atoms with Crippen molar-refractivity contribution in [3.8, 4) is 5.75 Å². The summed E-state index contributed by atoms with van der Waals surface area (Å²) >= 11 is 3.30. The van der Waals surface area contributed by atoms with E-state index in [0.717, 1.165) is 22.3 Å². The van der Waals surface area contributed by atoms with Crippen LogP contribution in [0.1, 0.15) is 11.3 Å². The highest BCUT2D eigenvalue weighted by Crippen LogP contribution is 2.27. The molecule has 0 aliphatic rings. The lowest BCUT2D eigenvalue weighted by molar-refractivity contribution is 0.460. The molecule has 17 heavy (non-hydrogen) atoms. The first-order chi connectivity index (χ1) is 8.18. The molecule has 0 saturated heterocycles. The van der Waals surface area contributed by atoms with Gasteiger partial charge in [0.1, 0.15) is 5.75 Å². The second-order valence-corrected chi connectivity index (χ2v) is 4.65. The number of nitrogens with zero attached hydrogens (tertiary/aromatic N) is 2. The largest absolute Gasteiger partial charge is 0.506 e. The summed E-state index contributed by atoms with van der Waals surface area (Å²) in [4.78, 5) is 0. The third-order valence-corrected chi connectivity index (χ3v) is 3.25. The zero-order valence-electron chi connectivity index (χ0n) is 9.52. The molecule has 1 aromatic carbocycles. The van der Waals surface area contributed by atoms with E-state index >= 15 is 0 Å². The van der Waals surface area contributed by atoms with Gasteiger partial charge >= 0.3 is 0 Å². The van der Waals surface area contributed by atoms with Gasteiger partial charge in [0.2, 0.25) is 0 Å². The van der Waals surface area contributed by atoms with E-state index in [1.54, 1.807) is 6.20 Å². The fourth-order valence-electron chi connectivity index (χ4n) is 1.60. The van der Waals surface area contributed by atoms with Crippen LogP contribution in [0.3, 0.4) is 0 Å². The highest BCUT2D eigenvalue weighted by Gasteiger charge is 2.04. The van der Waals surface area contributed by atoms with Crippen molar-refractivity contribution in [3.63, 3.8) is 0 Å². The van der Waals surface area contributed by atoms with E-state index in [1.165, 1.54) is 0 Å². The molecule has 2 N–H and O–H groups in total. The average molecular weight is 296 g/mol. The smallest absolute Gasteiger partial charge is 0.134 e. The molecule has 0 radical (unpaired) electrons. The number of para-hydroxylation sites is 1. The third kappa shape index (κ3) is 2.87. The topological polar surface area (TPSA) is 50.1 Å². The molecule has 5 heteroatoms. The second kappa shape index (κ2) is 5.33. The average Bonchev–Trinajstić information content (AvgIpc) is 2.71. The van der Waals surface area contributed by atoms with E-state index in [2.05, 4.69) is 26.3 Å². The number of benzene rings is 1. The zero-order chi connectivity index (χ0) is 12.3. The number of hydrogen-bond acceptors (Lipinski definition) is 3. The third-order valence-electron chi connectivity index (χ3n) is 2.61. The van der Waals surface area contributed by atoms with Crippen LogP contribution < -0.4 is 5.32 Å². The van der Waals surface area contributed by atoms with Gasteiger partial charge in [-0.2, -0.15) is 5.10 Å². The van der Waals surface area contributed by atoms with Gasteiger partial charge in [-0.05, 0) is 28.1 Å². The predicted octanol–water partition coefficient (Wildman–Crippen LogP) is 2.18. The van der Waals surface area contributed by atoms with Crippen LogP contribution in [-0.2, 0) is 20.1 Å². The van der Waals surface area contributed by atoms with Gasteiger partial charge in [-0.25, -0.2) is 0 Å². The van der Waals surface area contributed by atoms with E-state index in [1.807, 2.05) is 36.0 Å². The van der Waals surface area contributed by atoms with E-state index in [4.69, 9.17) is 0 Å². The Morgan fingerprint density at radius 3 is 2.88 bits per heavy atom. The summed E-state index contributed by atoms with van der Waals surface area (Å²) in [5, 5.41) is 17.2. The maximum atomic E-state index is 9.80. The van der Waals surface area contributed by atoms with Crippen molar-refractivity contribution in [2.24, 2.45) is 7.05 Å². The summed E-state index contributed by atoms with van der Waals surface area (Å²) < 4.78 is 2.55. The molecule has 0 spiro atoms. The first-order valence-corrected chi connectivity index (χ1v) is 6.11. The SMILES string of the molecule is Cn1nccc1CNCc1cccc(Br)c1O. The fraction of sp³-hybridized carbons (Fsp3) is 0.250. The maximum absolute atomic E-state index is 9.80. The first-order valence-electron chi connectivity index (χ1n) is 5.32. The van der Waals surface area contributed by atoms with Crippen molar-refractivity contribution in [2.45, 2.75) is 13.1 Å². The molecular weight excluding hydrogens is 282 g/mol. The molecule has 0 amide bonds. The monoisotopic (exact) mass is 295 g/mol. The Hall–Kier alpha value is -1.33. The van der Waals surface area contributed by atoms with Crippen LogP contribution in [0, 0.1) is 0 Å². The van der Waals surface area contributed by atoms with E-state index in [-0.39, 0.29) is 0 Å². The quantitative estimate of drug-likeness (QED) is 0.909. The lowest BCUT2D eigenvalue weighted by Gasteiger charge is -2.08. The minimum absolute atomic E-state index is 0.296. The van der Waals surface area contributed by atoms with Gasteiger partial charge in [-0.15, -0.1) is 0 Å². The predicted molar refractivity (Wildman–Crippen MR) is 69.6 cm³/mol. The minimum atomic E-state index is 0.296. The number of aromatic hydroxyl groups is 1. The Morgan fingerprint density at radius 1 is 1.35 bits per heavy atom. The van der Waals surface area contributed by atoms with Crippen LogP contribution in [0.25, 0.3) is 0 Å². The summed E-state index contributed by atoms with van der Waals surface area (Å²) in [7, 11) is 1.91. The molecule has 0 fully saturated rings. The Kier molecular flexibility index (Phi) is 3.81. The molecule has 2 rings (SSSR count). The number of aryl methyl sites for hydroxylation is 1. The number of phenolic OH excluding ortho intramolecular Hbond substituents is 1. The van der Waals surface area contributed by atoms with Crippen molar-refractivity contribution < 1.29 is 5.11 Å². The van der Waals surface area contributed by atoms with Crippen molar-refractivity contribution in [1.82, 2.24) is 15.1 Å². The Bertz CT molecular complexity index is 510. The maximum Gasteiger partial charge on any atom is 0.134 e. The number of phenols is 1. The molecule has 2 aromatic rings. The summed E-state index contributed by atoms with van der Waals surface area (Å²) in [5.74, 6) is 0.296. The van der Waals surface area contributed by atoms with Crippen LogP contribution in [0.5, 0.6) is 5.75 Å². The Labute approximate surface area is 108 Å². The number of aromatic nitrogens is 2. The van der Waals surface area contributed by atoms with E-state index < -0.39 is 0 Å². The van der Waals surface area contributed by atoms with Crippen molar-refractivity contribution in [3.05, 3.63) is 46.2 Å². The molecule has 1 heterocycles. The van der Waals surface area contributed by atoms with Gasteiger partial charge < -0.3 is 10.4 Å². The molecule has 0 aliphatic heterocycles. The zero-order valence-corrected chi connectivity index (χ0v) is 11.1. The summed E-state index contributed by atoms with van der Waals surface area (Å²) in [6.07, 6.45) is 1.77. The number of rotatable bonds is 4. The molecule has 4 nitrogen and oxygen atoms in total. The molecule has 1 aromatic heterocycles. The summed E-state index contributed by atoms with van der Waals surface area (Å²) in [6, 6.07) is 7.59. The van der Waals surface area contributed by atoms with E-state index in [9.17, 15) is 5.11 Å². The highest BCUT2D eigenvalue weighted by molar-refractivity contribution is 9.10. The summed E-state index contributed by atoms with van der Waals surface area (Å²) in [5.41, 5.74) is 1.99. The summed E-state index contributed by atoms with van der Waals surface area (Å²) in [6.45, 7) is 1.35. The lowest BCUT2D eigenvalue weighted by atomic mass is 10.2. The molecule has 0 saturated carbocycles. The van der Waals surface area contributed by atoms with Crippen LogP contribution >= 0.6 is 15.9 Å². The molecule has 90 valence electrons. The number of halogens is 1. The fourth-order valence-corrected chi connectivity index (χ4v) is 2.01. The van der Waals surface area contributed by atoms with Crippen LogP contribution in [-0.4, -0.2) is 14.9 Å². The second-order valence-electron chi connectivity index (χ2n) is 3.80. The van der Waals surface area contributed by atoms with Crippen molar-refractivity contribution in [2.75, 3.05) is 0 Å². The van der Waals surface area contributed by atoms with Gasteiger partial charge in [0.15, 0.2) is 0 Å². The molecule has 0 bridgehead atoms. The number of hydrogen-bond donors (Lipinski definition) is 2. The van der Waals surface area contributed by atoms with Gasteiger partial charge in [0, 0.05) is 31.9 Å². The van der Waals surface area contributed by atoms with Crippen molar-refractivity contribution in [1.29, 1.82) is 0 Å². The highest BCUT2D eigenvalue weighted by atomic mass is 79.9. The molecule has 0 aliphatic carbocycles. The van der Waals surface area contributed by atoms with Crippen molar-refractivity contribution >= 4 is 15.9 Å². The van der Waals surface area contributed by atoms with E-state index in [0.29, 0.717) is 12.3 Å². The molecule has 0 atom stereocenters. The normalized spacial score (nSPS) is 10.7. The Morgan fingerprint density at radius 2 is 2.18 bits per heavy atom. The first kappa shape index (κ1) is 12.1. The van der Waals surface area contributed by atoms with Gasteiger partial charge in [0.05, 0.1) is 10.2 Å².